The van der Waals surface area contributed by atoms with Gasteiger partial charge in [0.25, 0.3) is 5.69 Å². The highest BCUT2D eigenvalue weighted by atomic mass is 16.6. The van der Waals surface area contributed by atoms with E-state index in [-0.39, 0.29) is 11.4 Å². The number of nitro groups is 1. The molecule has 0 fully saturated rings. The number of nitrogens with zero attached hydrogens (tertiary/aromatic N) is 1. The van der Waals surface area contributed by atoms with Crippen molar-refractivity contribution >= 4 is 17.3 Å². The van der Waals surface area contributed by atoms with E-state index in [1.165, 1.54) is 32.4 Å². The van der Waals surface area contributed by atoms with Crippen molar-refractivity contribution in [3.63, 3.8) is 0 Å². The highest BCUT2D eigenvalue weighted by molar-refractivity contribution is 5.96. The molecule has 8 nitrogen and oxygen atoms in total. The number of non-ortho nitro benzene ring substituents is 1. The molecule has 1 aromatic rings. The molecule has 110 valence electrons. The number of amides is 1. The fourth-order valence-electron chi connectivity index (χ4n) is 1.51. The molecular formula is C12H17N3O5. The van der Waals surface area contributed by atoms with Gasteiger partial charge in [-0.3, -0.25) is 14.9 Å². The van der Waals surface area contributed by atoms with Crippen molar-refractivity contribution < 1.29 is 19.2 Å². The molecule has 8 heteroatoms. The van der Waals surface area contributed by atoms with Gasteiger partial charge in [-0.25, -0.2) is 0 Å². The van der Waals surface area contributed by atoms with E-state index in [4.69, 9.17) is 15.2 Å². The molecule has 0 aromatic heterocycles. The second kappa shape index (κ2) is 7.41. The van der Waals surface area contributed by atoms with Crippen LogP contribution in [-0.4, -0.2) is 37.7 Å². The fraction of sp³-hybridized carbons (Fsp3) is 0.417. The number of carbonyl (C=O) groups excluding carboxylic acids is 1. The Kier molecular flexibility index (Phi) is 5.88. The first-order valence-electron chi connectivity index (χ1n) is 5.87. The van der Waals surface area contributed by atoms with Crippen LogP contribution in [0, 0.1) is 10.1 Å². The third-order valence-electron chi connectivity index (χ3n) is 2.62. The Labute approximate surface area is 116 Å². The molecule has 0 aliphatic heterocycles. The fourth-order valence-corrected chi connectivity index (χ4v) is 1.51. The molecular weight excluding hydrogens is 266 g/mol. The number of methoxy groups -OCH3 is 2. The number of carbonyl (C=O) groups is 1. The van der Waals surface area contributed by atoms with Crippen LogP contribution in [0.5, 0.6) is 5.75 Å². The van der Waals surface area contributed by atoms with Crippen LogP contribution >= 0.6 is 0 Å². The quantitative estimate of drug-likeness (QED) is 0.567. The van der Waals surface area contributed by atoms with Gasteiger partial charge in [0.05, 0.1) is 23.8 Å². The van der Waals surface area contributed by atoms with E-state index in [1.807, 2.05) is 0 Å². The van der Waals surface area contributed by atoms with Gasteiger partial charge < -0.3 is 20.5 Å². The maximum absolute atomic E-state index is 11.9. The monoisotopic (exact) mass is 283 g/mol. The number of hydrogen-bond donors (Lipinski definition) is 2. The first-order chi connectivity index (χ1) is 9.49. The van der Waals surface area contributed by atoms with Crippen molar-refractivity contribution in [1.82, 2.24) is 0 Å². The van der Waals surface area contributed by atoms with Crippen LogP contribution < -0.4 is 15.8 Å². The maximum Gasteiger partial charge on any atom is 0.271 e. The predicted molar refractivity (Wildman–Crippen MR) is 72.7 cm³/mol. The molecule has 1 amide bonds. The van der Waals surface area contributed by atoms with E-state index in [9.17, 15) is 14.9 Å². The predicted octanol–water partition coefficient (Wildman–Crippen LogP) is 0.906. The van der Waals surface area contributed by atoms with Crippen LogP contribution in [0.25, 0.3) is 0 Å². The zero-order valence-electron chi connectivity index (χ0n) is 11.3. The lowest BCUT2D eigenvalue weighted by Gasteiger charge is -2.13. The third kappa shape index (κ3) is 4.18. The molecule has 1 unspecified atom stereocenters. The number of benzene rings is 1. The van der Waals surface area contributed by atoms with Crippen molar-refractivity contribution in [3.05, 3.63) is 28.3 Å². The number of hydrogen-bond acceptors (Lipinski definition) is 6. The van der Waals surface area contributed by atoms with Crippen LogP contribution in [0.3, 0.4) is 0 Å². The number of rotatable bonds is 7. The molecule has 1 aromatic carbocycles. The number of nitrogens with two attached hydrogens (primary N) is 1. The summed E-state index contributed by atoms with van der Waals surface area (Å²) in [6, 6.07) is 3.16. The highest BCUT2D eigenvalue weighted by Crippen LogP contribution is 2.28. The van der Waals surface area contributed by atoms with Gasteiger partial charge in [-0.1, -0.05) is 0 Å². The molecule has 0 saturated heterocycles. The molecule has 20 heavy (non-hydrogen) atoms. The Hall–Kier alpha value is -2.19. The number of nitrogens with one attached hydrogen (secondary N) is 1. The first-order valence-corrected chi connectivity index (χ1v) is 5.87. The van der Waals surface area contributed by atoms with Gasteiger partial charge in [0.1, 0.15) is 5.75 Å². The number of ether oxygens (including phenoxy) is 2. The normalized spacial score (nSPS) is 11.8. The lowest BCUT2D eigenvalue weighted by Crippen LogP contribution is -2.36. The summed E-state index contributed by atoms with van der Waals surface area (Å²) in [6.45, 7) is 0.348. The average Bonchev–Trinajstić information content (AvgIpc) is 2.44. The van der Waals surface area contributed by atoms with Crippen molar-refractivity contribution in [2.24, 2.45) is 5.73 Å². The summed E-state index contributed by atoms with van der Waals surface area (Å²) >= 11 is 0. The lowest BCUT2D eigenvalue weighted by molar-refractivity contribution is -0.384. The summed E-state index contributed by atoms with van der Waals surface area (Å²) < 4.78 is 9.87. The van der Waals surface area contributed by atoms with Gasteiger partial charge in [-0.15, -0.1) is 0 Å². The SMILES string of the molecule is COCCC(N)C(=O)Nc1cc([N+](=O)[O-])ccc1OC. The van der Waals surface area contributed by atoms with Crippen molar-refractivity contribution in [2.45, 2.75) is 12.5 Å². The van der Waals surface area contributed by atoms with Crippen LogP contribution in [-0.2, 0) is 9.53 Å². The largest absolute Gasteiger partial charge is 0.495 e. The van der Waals surface area contributed by atoms with Gasteiger partial charge in [0, 0.05) is 25.8 Å². The lowest BCUT2D eigenvalue weighted by atomic mass is 10.2. The molecule has 3 N–H and O–H groups in total. The maximum atomic E-state index is 11.9. The second-order valence-corrected chi connectivity index (χ2v) is 4.02. The Morgan fingerprint density at radius 2 is 2.20 bits per heavy atom. The van der Waals surface area contributed by atoms with E-state index < -0.39 is 16.9 Å². The minimum atomic E-state index is -0.765. The molecule has 0 spiro atoms. The first kappa shape index (κ1) is 15.9. The van der Waals surface area contributed by atoms with Gasteiger partial charge in [-0.2, -0.15) is 0 Å². The van der Waals surface area contributed by atoms with Gasteiger partial charge >= 0.3 is 0 Å². The number of anilines is 1. The molecule has 0 saturated carbocycles. The summed E-state index contributed by atoms with van der Waals surface area (Å²) in [5.74, 6) is -0.135. The Morgan fingerprint density at radius 1 is 1.50 bits per heavy atom. The Morgan fingerprint density at radius 3 is 2.75 bits per heavy atom. The molecule has 0 heterocycles. The van der Waals surface area contributed by atoms with Crippen LogP contribution in [0.1, 0.15) is 6.42 Å². The summed E-state index contributed by atoms with van der Waals surface area (Å²) in [6.07, 6.45) is 0.347. The zero-order chi connectivity index (χ0) is 15.1. The standard InChI is InChI=1S/C12H17N3O5/c1-19-6-5-9(13)12(16)14-10-7-8(15(17)18)3-4-11(10)20-2/h3-4,7,9H,5-6,13H2,1-2H3,(H,14,16). The molecule has 1 atom stereocenters. The van der Waals surface area contributed by atoms with Crippen molar-refractivity contribution in [1.29, 1.82) is 0 Å². The van der Waals surface area contributed by atoms with Gasteiger partial charge in [0.2, 0.25) is 5.91 Å². The van der Waals surface area contributed by atoms with Gasteiger partial charge in [-0.05, 0) is 12.5 Å². The highest BCUT2D eigenvalue weighted by Gasteiger charge is 2.17. The number of nitro benzene ring substituents is 1. The second-order valence-electron chi connectivity index (χ2n) is 4.02. The minimum absolute atomic E-state index is 0.147. The molecule has 0 aliphatic carbocycles. The minimum Gasteiger partial charge on any atom is -0.495 e. The molecule has 1 rings (SSSR count). The summed E-state index contributed by atoms with van der Waals surface area (Å²) in [4.78, 5) is 22.0. The van der Waals surface area contributed by atoms with E-state index in [1.54, 1.807) is 0 Å². The topological polar surface area (TPSA) is 117 Å². The average molecular weight is 283 g/mol. The zero-order valence-corrected chi connectivity index (χ0v) is 11.3. The van der Waals surface area contributed by atoms with Crippen molar-refractivity contribution in [2.75, 3.05) is 26.1 Å². The smallest absolute Gasteiger partial charge is 0.271 e. The Balaban J connectivity index is 2.86. The van der Waals surface area contributed by atoms with Crippen LogP contribution in [0.2, 0.25) is 0 Å². The molecule has 0 aliphatic rings. The molecule has 0 bridgehead atoms. The van der Waals surface area contributed by atoms with Crippen LogP contribution in [0.15, 0.2) is 18.2 Å². The van der Waals surface area contributed by atoms with E-state index >= 15 is 0 Å². The molecule has 0 radical (unpaired) electrons. The van der Waals surface area contributed by atoms with E-state index in [2.05, 4.69) is 5.32 Å². The summed E-state index contributed by atoms with van der Waals surface area (Å²) in [5.41, 5.74) is 5.74. The van der Waals surface area contributed by atoms with Crippen LogP contribution in [0.4, 0.5) is 11.4 Å². The van der Waals surface area contributed by atoms with Gasteiger partial charge in [0.15, 0.2) is 0 Å². The van der Waals surface area contributed by atoms with Crippen molar-refractivity contribution in [3.8, 4) is 5.75 Å². The van der Waals surface area contributed by atoms with E-state index in [0.29, 0.717) is 18.8 Å². The summed E-state index contributed by atoms with van der Waals surface area (Å²) in [5, 5.41) is 13.2. The van der Waals surface area contributed by atoms with E-state index in [0.717, 1.165) is 0 Å². The third-order valence-corrected chi connectivity index (χ3v) is 2.62. The Bertz CT molecular complexity index is 492. The summed E-state index contributed by atoms with van der Waals surface area (Å²) in [7, 11) is 2.91.